The Morgan fingerprint density at radius 1 is 1.07 bits per heavy atom. The number of allylic oxidation sites excluding steroid dienone is 5. The Kier molecular flexibility index (Phi) is 12.4. The molecule has 1 saturated heterocycles. The van der Waals surface area contributed by atoms with Crippen molar-refractivity contribution in [1.82, 2.24) is 0 Å². The molecule has 0 bridgehead atoms. The fraction of sp³-hybridized carbons (Fsp3) is 0.381. The molecule has 2 aliphatic rings. The summed E-state index contributed by atoms with van der Waals surface area (Å²) in [5.74, 6) is 0.0958. The number of hydrogen-bond donors (Lipinski definition) is 1. The van der Waals surface area contributed by atoms with Gasteiger partial charge in [0, 0.05) is 36.2 Å². The second-order valence-electron chi connectivity index (χ2n) is 7.16. The van der Waals surface area contributed by atoms with Crippen LogP contribution in [0.15, 0.2) is 65.9 Å². The molecule has 0 saturated carbocycles. The minimum absolute atomic E-state index is 0.0958. The van der Waals surface area contributed by atoms with Crippen LogP contribution in [-0.4, -0.2) is 19.0 Å². The van der Waals surface area contributed by atoms with Gasteiger partial charge in [-0.3, -0.25) is 4.79 Å². The predicted octanol–water partition coefficient (Wildman–Crippen LogP) is 6.96. The van der Waals surface area contributed by atoms with E-state index >= 15 is 0 Å². The molecule has 1 aliphatic carbocycles. The van der Waals surface area contributed by atoms with E-state index in [9.17, 15) is 4.79 Å². The number of hydrogen-bond acceptors (Lipinski definition) is 3. The number of ketones is 1. The van der Waals surface area contributed by atoms with Gasteiger partial charge in [0.05, 0.1) is 0 Å². The molecule has 0 unspecified atom stereocenters. The van der Waals surface area contributed by atoms with E-state index in [2.05, 4.69) is 26.1 Å². The Hall–Kier alpha value is -0.546. The molecular weight excluding hydrogens is 452 g/mol. The Labute approximate surface area is 186 Å². The molecule has 0 atom stereocenters. The van der Waals surface area contributed by atoms with Gasteiger partial charge >= 0.3 is 42.6 Å². The van der Waals surface area contributed by atoms with Crippen molar-refractivity contribution in [2.45, 2.75) is 33.6 Å². The number of rotatable bonds is 2. The average Bonchev–Trinajstić information content (AvgIpc) is 3.20. The molecule has 3 nitrogen and oxygen atoms in total. The zero-order valence-electron chi connectivity index (χ0n) is 16.5. The van der Waals surface area contributed by atoms with Crippen molar-refractivity contribution in [1.29, 1.82) is 0 Å². The zero-order chi connectivity index (χ0) is 21.0. The van der Waals surface area contributed by atoms with E-state index in [0.717, 1.165) is 24.5 Å². The van der Waals surface area contributed by atoms with Crippen LogP contribution in [0.5, 0.6) is 0 Å². The average molecular weight is 480 g/mol. The van der Waals surface area contributed by atoms with Crippen LogP contribution in [0.4, 0.5) is 5.69 Å². The summed E-state index contributed by atoms with van der Waals surface area (Å²) in [7, 11) is 14.9. The molecule has 1 aliphatic heterocycles. The van der Waals surface area contributed by atoms with Crippen molar-refractivity contribution in [3.8, 4) is 0 Å². The molecular formula is C21H27Cl3NO2Ti. The van der Waals surface area contributed by atoms with Crippen LogP contribution in [0.3, 0.4) is 0 Å². The van der Waals surface area contributed by atoms with Crippen molar-refractivity contribution < 1.29 is 24.2 Å². The second-order valence-corrected chi connectivity index (χ2v) is 14.9. The molecule has 0 amide bonds. The van der Waals surface area contributed by atoms with E-state index in [-0.39, 0.29) is 11.2 Å². The second kappa shape index (κ2) is 13.6. The van der Waals surface area contributed by atoms with Gasteiger partial charge in [0.1, 0.15) is 0 Å². The molecule has 28 heavy (non-hydrogen) atoms. The van der Waals surface area contributed by atoms with Crippen LogP contribution in [0.1, 0.15) is 33.6 Å². The van der Waals surface area contributed by atoms with E-state index in [1.54, 1.807) is 6.20 Å². The van der Waals surface area contributed by atoms with Crippen LogP contribution in [0, 0.1) is 5.41 Å². The predicted molar refractivity (Wildman–Crippen MR) is 117 cm³/mol. The molecule has 0 radical (unpaired) electrons. The van der Waals surface area contributed by atoms with Gasteiger partial charge in [-0.15, -0.1) is 0 Å². The number of para-hydroxylation sites is 1. The van der Waals surface area contributed by atoms with Crippen LogP contribution in [0.25, 0.3) is 0 Å². The Morgan fingerprint density at radius 3 is 2.11 bits per heavy atom. The van der Waals surface area contributed by atoms with Gasteiger partial charge in [0.15, 0.2) is 5.78 Å². The van der Waals surface area contributed by atoms with E-state index in [1.807, 2.05) is 48.6 Å². The van der Waals surface area contributed by atoms with Gasteiger partial charge < -0.3 is 10.1 Å². The number of nitrogens with one attached hydrogen (secondary N) is 1. The van der Waals surface area contributed by atoms with E-state index < -0.39 is 14.7 Å². The molecule has 3 rings (SSSR count). The fourth-order valence-electron chi connectivity index (χ4n) is 2.46. The Balaban J connectivity index is 0.000000359. The first-order valence-electron chi connectivity index (χ1n) is 9.08. The third-order valence-electron chi connectivity index (χ3n) is 3.85. The first-order valence-corrected chi connectivity index (χ1v) is 15.5. The number of carbonyl (C=O) groups excluding carboxylic acids is 1. The van der Waals surface area contributed by atoms with Crippen LogP contribution >= 0.6 is 27.9 Å². The molecule has 1 aromatic rings. The van der Waals surface area contributed by atoms with Crippen LogP contribution in [-0.2, 0) is 24.2 Å². The first-order chi connectivity index (χ1) is 13.2. The molecule has 1 fully saturated rings. The summed E-state index contributed by atoms with van der Waals surface area (Å²) in [6, 6.07) is 9.81. The summed E-state index contributed by atoms with van der Waals surface area (Å²) in [6.07, 6.45) is 10.0. The Bertz CT molecular complexity index is 681. The van der Waals surface area contributed by atoms with Crippen LogP contribution in [0.2, 0.25) is 0 Å². The number of carbonyl (C=O) groups is 1. The molecule has 7 heteroatoms. The van der Waals surface area contributed by atoms with Gasteiger partial charge in [-0.1, -0.05) is 51.1 Å². The van der Waals surface area contributed by atoms with Gasteiger partial charge in [0.2, 0.25) is 0 Å². The van der Waals surface area contributed by atoms with E-state index in [0.29, 0.717) is 5.57 Å². The number of Topliss-reactive ketones (excluding diaryl/α,β-unsaturated/α-hetero) is 1. The van der Waals surface area contributed by atoms with E-state index in [1.165, 1.54) is 12.8 Å². The van der Waals surface area contributed by atoms with Crippen molar-refractivity contribution >= 4 is 39.4 Å². The Morgan fingerprint density at radius 2 is 1.64 bits per heavy atom. The summed E-state index contributed by atoms with van der Waals surface area (Å²) in [6.45, 7) is 8.16. The number of benzene rings is 1. The van der Waals surface area contributed by atoms with Gasteiger partial charge in [-0.2, -0.15) is 0 Å². The molecule has 1 aromatic carbocycles. The first kappa shape index (κ1) is 25.5. The minimum atomic E-state index is -1.92. The van der Waals surface area contributed by atoms with E-state index in [4.69, 9.17) is 32.7 Å². The summed E-state index contributed by atoms with van der Waals surface area (Å²) < 4.78 is 4.94. The van der Waals surface area contributed by atoms with Gasteiger partial charge in [0.25, 0.3) is 0 Å². The summed E-state index contributed by atoms with van der Waals surface area (Å²) >= 11 is -1.92. The summed E-state index contributed by atoms with van der Waals surface area (Å²) in [5.41, 5.74) is 2.38. The molecule has 1 heterocycles. The zero-order valence-corrected chi connectivity index (χ0v) is 20.3. The van der Waals surface area contributed by atoms with Crippen molar-refractivity contribution in [2.24, 2.45) is 5.41 Å². The maximum atomic E-state index is 12.4. The molecule has 1 N–H and O–H groups in total. The summed E-state index contributed by atoms with van der Waals surface area (Å²) in [4.78, 5) is 12.4. The number of halogens is 3. The third-order valence-corrected chi connectivity index (χ3v) is 3.85. The van der Waals surface area contributed by atoms with Crippen LogP contribution < -0.4 is 5.32 Å². The molecule has 0 aromatic heterocycles. The van der Waals surface area contributed by atoms with Gasteiger partial charge in [-0.05, 0) is 36.5 Å². The third kappa shape index (κ3) is 10.9. The van der Waals surface area contributed by atoms with Crippen molar-refractivity contribution in [3.05, 3.63) is 65.9 Å². The standard InChI is InChI=1S/C17H19NO.C4H8O.3ClH.Ti/c1-17(2,3)15-11-7-8-13(16(15)19)12-18-14-9-5-4-6-10-14;1-2-4-5-3-1;;;;/h4-12,18H,1-3H3;1-4H2;3*1H;/q;;;;;+3/p-3. The van der Waals surface area contributed by atoms with Gasteiger partial charge in [-0.25, -0.2) is 0 Å². The topological polar surface area (TPSA) is 38.3 Å². The SMILES string of the molecule is C1CCOC1.CC(C)(C)C1=CC=CC(=CNc2ccccc2)C1=O.[Cl][Ti]([Cl])[Cl]. The number of ether oxygens (including phenoxy) is 1. The fourth-order valence-corrected chi connectivity index (χ4v) is 2.46. The molecule has 0 spiro atoms. The summed E-state index contributed by atoms with van der Waals surface area (Å²) in [5, 5.41) is 3.16. The quantitative estimate of drug-likeness (QED) is 0.368. The van der Waals surface area contributed by atoms with Crippen molar-refractivity contribution in [3.63, 3.8) is 0 Å². The normalized spacial score (nSPS) is 17.1. The van der Waals surface area contributed by atoms with Crippen molar-refractivity contribution in [2.75, 3.05) is 18.5 Å². The monoisotopic (exact) mass is 478 g/mol. The molecule has 153 valence electrons. The number of anilines is 1. The maximum absolute atomic E-state index is 12.4.